The van der Waals surface area contributed by atoms with Crippen LogP contribution in [0.3, 0.4) is 0 Å². The van der Waals surface area contributed by atoms with Gasteiger partial charge in [-0.2, -0.15) is 0 Å². The first-order valence-corrected chi connectivity index (χ1v) is 8.34. The van der Waals surface area contributed by atoms with Crippen LogP contribution in [0.2, 0.25) is 0 Å². The molecule has 5 heteroatoms. The van der Waals surface area contributed by atoms with E-state index in [9.17, 15) is 9.18 Å². The van der Waals surface area contributed by atoms with Gasteiger partial charge in [-0.15, -0.1) is 0 Å². The van der Waals surface area contributed by atoms with Crippen molar-refractivity contribution in [2.24, 2.45) is 0 Å². The number of nitrogens with one attached hydrogen (secondary N) is 1. The summed E-state index contributed by atoms with van der Waals surface area (Å²) in [7, 11) is 0. The maximum Gasteiger partial charge on any atom is 0.197 e. The Morgan fingerprint density at radius 1 is 1.30 bits per heavy atom. The Morgan fingerprint density at radius 3 is 2.96 bits per heavy atom. The van der Waals surface area contributed by atoms with E-state index < -0.39 is 5.82 Å². The van der Waals surface area contributed by atoms with Crippen LogP contribution < -0.4 is 10.7 Å². The van der Waals surface area contributed by atoms with Crippen LogP contribution in [0.15, 0.2) is 33.7 Å². The largest absolute Gasteiger partial charge is 0.464 e. The van der Waals surface area contributed by atoms with Crippen LogP contribution in [0.4, 0.5) is 4.39 Å². The van der Waals surface area contributed by atoms with E-state index in [1.807, 2.05) is 0 Å². The number of hydrogen-bond acceptors (Lipinski definition) is 4. The van der Waals surface area contributed by atoms with Crippen LogP contribution >= 0.6 is 0 Å². The van der Waals surface area contributed by atoms with E-state index in [4.69, 9.17) is 4.42 Å². The highest BCUT2D eigenvalue weighted by Gasteiger charge is 2.41. The molecule has 2 aromatic rings. The van der Waals surface area contributed by atoms with Gasteiger partial charge in [0.15, 0.2) is 5.43 Å². The predicted octanol–water partition coefficient (Wildman–Crippen LogP) is 2.65. The normalized spacial score (nSPS) is 21.3. The lowest BCUT2D eigenvalue weighted by Crippen LogP contribution is -2.59. The standard InChI is InChI=1S/C18H21FN2O2/c19-14-3-4-16-15(9-14)17(22)13(11-23-16)10-21-8-7-20-12-18(21)5-1-2-6-18/h3-4,9,11,20H,1-2,5-8,10,12H2. The third kappa shape index (κ3) is 2.58. The van der Waals surface area contributed by atoms with E-state index >= 15 is 0 Å². The van der Waals surface area contributed by atoms with Crippen molar-refractivity contribution >= 4 is 11.0 Å². The minimum absolute atomic E-state index is 0.113. The summed E-state index contributed by atoms with van der Waals surface area (Å²) in [5, 5.41) is 3.82. The molecule has 0 amide bonds. The first kappa shape index (κ1) is 14.8. The summed E-state index contributed by atoms with van der Waals surface area (Å²) in [5.41, 5.74) is 1.12. The van der Waals surface area contributed by atoms with Gasteiger partial charge in [0.2, 0.25) is 0 Å². The molecule has 1 N–H and O–H groups in total. The third-order valence-electron chi connectivity index (χ3n) is 5.38. The van der Waals surface area contributed by atoms with Gasteiger partial charge in [0.1, 0.15) is 11.4 Å². The van der Waals surface area contributed by atoms with Crippen molar-refractivity contribution in [1.82, 2.24) is 10.2 Å². The minimum atomic E-state index is -0.406. The molecule has 1 aliphatic heterocycles. The molecule has 0 bridgehead atoms. The molecule has 0 atom stereocenters. The van der Waals surface area contributed by atoms with Gasteiger partial charge in [-0.1, -0.05) is 12.8 Å². The topological polar surface area (TPSA) is 45.5 Å². The van der Waals surface area contributed by atoms with Gasteiger partial charge in [0.25, 0.3) is 0 Å². The van der Waals surface area contributed by atoms with Gasteiger partial charge in [-0.25, -0.2) is 4.39 Å². The van der Waals surface area contributed by atoms with Gasteiger partial charge < -0.3 is 9.73 Å². The number of rotatable bonds is 2. The average Bonchev–Trinajstić information content (AvgIpc) is 3.02. The molecule has 0 unspecified atom stereocenters. The lowest BCUT2D eigenvalue weighted by atomic mass is 9.92. The lowest BCUT2D eigenvalue weighted by Gasteiger charge is -2.45. The summed E-state index contributed by atoms with van der Waals surface area (Å²) in [6.07, 6.45) is 6.39. The number of nitrogens with zero attached hydrogens (tertiary/aromatic N) is 1. The highest BCUT2D eigenvalue weighted by molar-refractivity contribution is 5.76. The Morgan fingerprint density at radius 2 is 2.13 bits per heavy atom. The molecule has 2 aliphatic rings. The molecule has 1 saturated carbocycles. The number of benzene rings is 1. The molecule has 1 saturated heterocycles. The molecular formula is C18H21FN2O2. The molecule has 1 aliphatic carbocycles. The molecule has 23 heavy (non-hydrogen) atoms. The second-order valence-electron chi connectivity index (χ2n) is 6.76. The van der Waals surface area contributed by atoms with E-state index in [1.165, 1.54) is 43.9 Å². The van der Waals surface area contributed by atoms with Crippen molar-refractivity contribution in [1.29, 1.82) is 0 Å². The Balaban J connectivity index is 1.69. The van der Waals surface area contributed by atoms with Crippen LogP contribution in [0, 0.1) is 5.82 Å². The molecule has 1 aromatic heterocycles. The van der Waals surface area contributed by atoms with Gasteiger partial charge in [-0.05, 0) is 31.0 Å². The van der Waals surface area contributed by atoms with Gasteiger partial charge >= 0.3 is 0 Å². The summed E-state index contributed by atoms with van der Waals surface area (Å²) in [4.78, 5) is 15.1. The van der Waals surface area contributed by atoms with Crippen LogP contribution in [0.25, 0.3) is 11.0 Å². The first-order chi connectivity index (χ1) is 11.2. The Labute approximate surface area is 134 Å². The van der Waals surface area contributed by atoms with E-state index in [0.717, 1.165) is 19.6 Å². The van der Waals surface area contributed by atoms with E-state index in [1.54, 1.807) is 6.26 Å². The van der Waals surface area contributed by atoms with Crippen LogP contribution in [-0.4, -0.2) is 30.1 Å². The molecule has 4 nitrogen and oxygen atoms in total. The Kier molecular flexibility index (Phi) is 3.70. The van der Waals surface area contributed by atoms with Crippen molar-refractivity contribution in [2.75, 3.05) is 19.6 Å². The third-order valence-corrected chi connectivity index (χ3v) is 5.38. The molecule has 2 heterocycles. The minimum Gasteiger partial charge on any atom is -0.464 e. The highest BCUT2D eigenvalue weighted by atomic mass is 19.1. The molecule has 1 aromatic carbocycles. The zero-order valence-electron chi connectivity index (χ0n) is 13.1. The van der Waals surface area contributed by atoms with E-state index in [-0.39, 0.29) is 11.0 Å². The first-order valence-electron chi connectivity index (χ1n) is 8.34. The number of piperazine rings is 1. The van der Waals surface area contributed by atoms with Crippen LogP contribution in [-0.2, 0) is 6.54 Å². The number of hydrogen-bond donors (Lipinski definition) is 1. The maximum atomic E-state index is 13.4. The molecular weight excluding hydrogens is 295 g/mol. The Hall–Kier alpha value is -1.72. The zero-order chi connectivity index (χ0) is 15.9. The van der Waals surface area contributed by atoms with Crippen molar-refractivity contribution in [3.05, 3.63) is 46.1 Å². The lowest BCUT2D eigenvalue weighted by molar-refractivity contribution is 0.0566. The summed E-state index contributed by atoms with van der Waals surface area (Å²) < 4.78 is 19.0. The molecule has 1 spiro atoms. The van der Waals surface area contributed by atoms with Crippen LogP contribution in [0.1, 0.15) is 31.2 Å². The number of fused-ring (bicyclic) bond motifs is 1. The summed E-state index contributed by atoms with van der Waals surface area (Å²) in [5.74, 6) is -0.406. The maximum absolute atomic E-state index is 13.4. The second kappa shape index (κ2) is 5.73. The number of halogens is 1. The van der Waals surface area contributed by atoms with Crippen LogP contribution in [0.5, 0.6) is 0 Å². The van der Waals surface area contributed by atoms with Crippen molar-refractivity contribution in [3.8, 4) is 0 Å². The van der Waals surface area contributed by atoms with Gasteiger partial charge in [0.05, 0.1) is 11.6 Å². The van der Waals surface area contributed by atoms with Gasteiger partial charge in [0, 0.05) is 37.3 Å². The highest BCUT2D eigenvalue weighted by Crippen LogP contribution is 2.36. The Bertz CT molecular complexity index is 780. The molecule has 0 radical (unpaired) electrons. The van der Waals surface area contributed by atoms with Crippen molar-refractivity contribution in [3.63, 3.8) is 0 Å². The van der Waals surface area contributed by atoms with Crippen molar-refractivity contribution < 1.29 is 8.81 Å². The summed E-state index contributed by atoms with van der Waals surface area (Å²) >= 11 is 0. The zero-order valence-corrected chi connectivity index (χ0v) is 13.1. The SMILES string of the molecule is O=c1c(CN2CCNCC23CCCC3)coc2ccc(F)cc12. The monoisotopic (exact) mass is 316 g/mol. The fourth-order valence-corrected chi connectivity index (χ4v) is 4.12. The van der Waals surface area contributed by atoms with E-state index in [0.29, 0.717) is 23.1 Å². The fraction of sp³-hybridized carbons (Fsp3) is 0.500. The smallest absolute Gasteiger partial charge is 0.197 e. The summed E-state index contributed by atoms with van der Waals surface area (Å²) in [6.45, 7) is 3.44. The van der Waals surface area contributed by atoms with Crippen molar-refractivity contribution in [2.45, 2.75) is 37.8 Å². The molecule has 2 fully saturated rings. The second-order valence-corrected chi connectivity index (χ2v) is 6.76. The fourth-order valence-electron chi connectivity index (χ4n) is 4.12. The quantitative estimate of drug-likeness (QED) is 0.925. The molecule has 122 valence electrons. The van der Waals surface area contributed by atoms with Gasteiger partial charge in [-0.3, -0.25) is 9.69 Å². The molecule has 4 rings (SSSR count). The summed E-state index contributed by atoms with van der Waals surface area (Å²) in [6, 6.07) is 4.10. The predicted molar refractivity (Wildman–Crippen MR) is 86.9 cm³/mol. The average molecular weight is 316 g/mol. The van der Waals surface area contributed by atoms with E-state index in [2.05, 4.69) is 10.2 Å².